The average Bonchev–Trinajstić information content (AvgIpc) is 3.09. The zero-order valence-corrected chi connectivity index (χ0v) is 13.8. The van der Waals surface area contributed by atoms with Crippen molar-refractivity contribution in [3.05, 3.63) is 41.9 Å². The fourth-order valence-corrected chi connectivity index (χ4v) is 2.99. The summed E-state index contributed by atoms with van der Waals surface area (Å²) in [6.07, 6.45) is 4.67. The fourth-order valence-electron chi connectivity index (χ4n) is 2.75. The lowest BCUT2D eigenvalue weighted by atomic mass is 10.0. The predicted octanol–water partition coefficient (Wildman–Crippen LogP) is 1.63. The number of aromatic nitrogens is 3. The monoisotopic (exact) mass is 347 g/mol. The fraction of sp³-hybridized carbons (Fsp3) is 0.375. The molecule has 126 valence electrons. The Hall–Kier alpha value is -2.41. The molecule has 0 spiro atoms. The van der Waals surface area contributed by atoms with Gasteiger partial charge in [0.05, 0.1) is 17.3 Å². The molecule has 0 saturated carbocycles. The smallest absolute Gasteiger partial charge is 0.249 e. The van der Waals surface area contributed by atoms with E-state index >= 15 is 0 Å². The lowest BCUT2D eigenvalue weighted by Gasteiger charge is -2.33. The molecule has 1 N–H and O–H groups in total. The third-order valence-electron chi connectivity index (χ3n) is 3.95. The number of amides is 2. The summed E-state index contributed by atoms with van der Waals surface area (Å²) in [6.45, 7) is 1.04. The molecule has 1 aromatic carbocycles. The number of anilines is 1. The van der Waals surface area contributed by atoms with Gasteiger partial charge in [-0.05, 0) is 25.0 Å². The highest BCUT2D eigenvalue weighted by Crippen LogP contribution is 2.28. The molecule has 1 atom stereocenters. The zero-order chi connectivity index (χ0) is 16.9. The molecule has 2 amide bonds. The highest BCUT2D eigenvalue weighted by Gasteiger charge is 2.31. The van der Waals surface area contributed by atoms with Crippen LogP contribution in [0, 0.1) is 0 Å². The summed E-state index contributed by atoms with van der Waals surface area (Å²) in [6, 6.07) is 6.72. The Morgan fingerprint density at radius 2 is 2.21 bits per heavy atom. The Bertz CT molecular complexity index is 719. The lowest BCUT2D eigenvalue weighted by molar-refractivity contribution is -0.128. The number of carbonyl (C=O) groups is 2. The van der Waals surface area contributed by atoms with Gasteiger partial charge in [-0.1, -0.05) is 23.7 Å². The van der Waals surface area contributed by atoms with Gasteiger partial charge in [0.1, 0.15) is 18.7 Å². The van der Waals surface area contributed by atoms with E-state index in [1.165, 1.54) is 6.33 Å². The zero-order valence-electron chi connectivity index (χ0n) is 13.1. The van der Waals surface area contributed by atoms with Crippen molar-refractivity contribution in [3.63, 3.8) is 0 Å². The molecule has 1 aliphatic rings. The van der Waals surface area contributed by atoms with E-state index < -0.39 is 6.04 Å². The van der Waals surface area contributed by atoms with Crippen LogP contribution in [0.15, 0.2) is 36.9 Å². The van der Waals surface area contributed by atoms with E-state index in [9.17, 15) is 9.59 Å². The van der Waals surface area contributed by atoms with Crippen molar-refractivity contribution in [2.75, 3.05) is 11.4 Å². The van der Waals surface area contributed by atoms with Crippen LogP contribution in [0.1, 0.15) is 19.3 Å². The van der Waals surface area contributed by atoms with Gasteiger partial charge >= 0.3 is 0 Å². The maximum absolute atomic E-state index is 12.7. The number of aryl methyl sites for hydroxylation is 1. The van der Waals surface area contributed by atoms with Crippen LogP contribution in [0.4, 0.5) is 5.69 Å². The average molecular weight is 348 g/mol. The summed E-state index contributed by atoms with van der Waals surface area (Å²) in [5, 5.41) is 7.29. The van der Waals surface area contributed by atoms with Crippen molar-refractivity contribution >= 4 is 29.1 Å². The lowest BCUT2D eigenvalue weighted by Crippen LogP contribution is -2.52. The summed E-state index contributed by atoms with van der Waals surface area (Å²) in [5.41, 5.74) is 0.686. The highest BCUT2D eigenvalue weighted by atomic mass is 35.5. The number of nitrogens with zero attached hydrogens (tertiary/aromatic N) is 4. The number of nitrogens with one attached hydrogen (secondary N) is 1. The summed E-state index contributed by atoms with van der Waals surface area (Å²) >= 11 is 6.19. The third-order valence-corrected chi connectivity index (χ3v) is 4.27. The van der Waals surface area contributed by atoms with Gasteiger partial charge in [0.25, 0.3) is 0 Å². The molecule has 0 aliphatic carbocycles. The second kappa shape index (κ2) is 7.44. The molecule has 8 heteroatoms. The van der Waals surface area contributed by atoms with Crippen LogP contribution in [-0.4, -0.2) is 39.2 Å². The molecule has 3 rings (SSSR count). The van der Waals surface area contributed by atoms with Crippen LogP contribution in [0.5, 0.6) is 0 Å². The first-order valence-electron chi connectivity index (χ1n) is 7.83. The minimum atomic E-state index is -0.515. The Morgan fingerprint density at radius 3 is 2.96 bits per heavy atom. The largest absolute Gasteiger partial charge is 0.344 e. The van der Waals surface area contributed by atoms with Crippen molar-refractivity contribution in [1.82, 2.24) is 20.1 Å². The molecule has 0 radical (unpaired) electrons. The van der Waals surface area contributed by atoms with E-state index in [1.54, 1.807) is 22.0 Å². The Labute approximate surface area is 144 Å². The SMILES string of the molecule is O=C(CCn1cncn1)N[C@H]1CCCN(c2ccccc2Cl)C1=O. The van der Waals surface area contributed by atoms with E-state index in [1.807, 2.05) is 18.2 Å². The number of benzene rings is 1. The standard InChI is InChI=1S/C16H18ClN5O2/c17-12-4-1-2-6-14(12)22-8-3-5-13(16(22)24)20-15(23)7-9-21-11-18-10-19-21/h1-2,4,6,10-11,13H,3,5,7-9H2,(H,20,23)/t13-/m0/s1. The molecule has 2 aromatic rings. The van der Waals surface area contributed by atoms with E-state index in [-0.39, 0.29) is 18.2 Å². The van der Waals surface area contributed by atoms with Crippen LogP contribution in [0.3, 0.4) is 0 Å². The summed E-state index contributed by atoms with van der Waals surface area (Å²) in [4.78, 5) is 30.2. The minimum absolute atomic E-state index is 0.122. The second-order valence-electron chi connectivity index (χ2n) is 5.61. The van der Waals surface area contributed by atoms with E-state index in [2.05, 4.69) is 15.4 Å². The van der Waals surface area contributed by atoms with Crippen molar-refractivity contribution in [3.8, 4) is 0 Å². The number of hydrogen-bond acceptors (Lipinski definition) is 4. The topological polar surface area (TPSA) is 80.1 Å². The van der Waals surface area contributed by atoms with Gasteiger partial charge in [-0.25, -0.2) is 4.98 Å². The molecule has 0 unspecified atom stereocenters. The number of hydrogen-bond donors (Lipinski definition) is 1. The molecule has 0 bridgehead atoms. The maximum atomic E-state index is 12.7. The normalized spacial score (nSPS) is 17.8. The van der Waals surface area contributed by atoms with Crippen molar-refractivity contribution < 1.29 is 9.59 Å². The predicted molar refractivity (Wildman–Crippen MR) is 89.6 cm³/mol. The van der Waals surface area contributed by atoms with Gasteiger partial charge in [-0.2, -0.15) is 5.10 Å². The summed E-state index contributed by atoms with van der Waals surface area (Å²) in [7, 11) is 0. The van der Waals surface area contributed by atoms with Gasteiger partial charge in [-0.3, -0.25) is 14.3 Å². The molecule has 7 nitrogen and oxygen atoms in total. The van der Waals surface area contributed by atoms with Crippen molar-refractivity contribution in [2.24, 2.45) is 0 Å². The van der Waals surface area contributed by atoms with Gasteiger partial charge < -0.3 is 10.2 Å². The molecular formula is C16H18ClN5O2. The summed E-state index contributed by atoms with van der Waals surface area (Å²) in [5.74, 6) is -0.298. The summed E-state index contributed by atoms with van der Waals surface area (Å²) < 4.78 is 1.58. The van der Waals surface area contributed by atoms with Crippen LogP contribution in [0.2, 0.25) is 5.02 Å². The molecular weight excluding hydrogens is 330 g/mol. The number of piperidine rings is 1. The van der Waals surface area contributed by atoms with Gasteiger partial charge in [0.2, 0.25) is 11.8 Å². The van der Waals surface area contributed by atoms with E-state index in [0.717, 1.165) is 6.42 Å². The first kappa shape index (κ1) is 16.4. The molecule has 1 saturated heterocycles. The van der Waals surface area contributed by atoms with E-state index in [0.29, 0.717) is 30.2 Å². The van der Waals surface area contributed by atoms with Gasteiger partial charge in [0.15, 0.2) is 0 Å². The second-order valence-corrected chi connectivity index (χ2v) is 6.02. The first-order chi connectivity index (χ1) is 11.6. The number of para-hydroxylation sites is 1. The highest BCUT2D eigenvalue weighted by molar-refractivity contribution is 6.33. The number of carbonyl (C=O) groups excluding carboxylic acids is 2. The number of rotatable bonds is 5. The Balaban J connectivity index is 1.60. The Kier molecular flexibility index (Phi) is 5.10. The van der Waals surface area contributed by atoms with Crippen LogP contribution in [0.25, 0.3) is 0 Å². The maximum Gasteiger partial charge on any atom is 0.249 e. The van der Waals surface area contributed by atoms with Crippen molar-refractivity contribution in [2.45, 2.75) is 31.8 Å². The van der Waals surface area contributed by atoms with Crippen LogP contribution < -0.4 is 10.2 Å². The van der Waals surface area contributed by atoms with Gasteiger partial charge in [-0.15, -0.1) is 0 Å². The quantitative estimate of drug-likeness (QED) is 0.891. The van der Waals surface area contributed by atoms with Crippen LogP contribution >= 0.6 is 11.6 Å². The number of halogens is 1. The first-order valence-corrected chi connectivity index (χ1v) is 8.20. The molecule has 1 fully saturated rings. The molecule has 1 aromatic heterocycles. The minimum Gasteiger partial charge on any atom is -0.344 e. The van der Waals surface area contributed by atoms with Crippen molar-refractivity contribution in [1.29, 1.82) is 0 Å². The van der Waals surface area contributed by atoms with E-state index in [4.69, 9.17) is 11.6 Å². The molecule has 2 heterocycles. The Morgan fingerprint density at radius 1 is 1.38 bits per heavy atom. The molecule has 1 aliphatic heterocycles. The van der Waals surface area contributed by atoms with Gasteiger partial charge in [0, 0.05) is 13.0 Å². The third kappa shape index (κ3) is 3.73. The molecule has 24 heavy (non-hydrogen) atoms. The van der Waals surface area contributed by atoms with Crippen LogP contribution in [-0.2, 0) is 16.1 Å².